The van der Waals surface area contributed by atoms with E-state index in [1.54, 1.807) is 0 Å². The van der Waals surface area contributed by atoms with Gasteiger partial charge in [0.1, 0.15) is 13.2 Å². The van der Waals surface area contributed by atoms with Crippen molar-refractivity contribution in [3.8, 4) is 0 Å². The summed E-state index contributed by atoms with van der Waals surface area (Å²) in [5, 5.41) is 0. The Morgan fingerprint density at radius 2 is 0.615 bits per heavy atom. The molecule has 6 nitrogen and oxygen atoms in total. The lowest BCUT2D eigenvalue weighted by atomic mass is 10.1. The Morgan fingerprint density at radius 3 is 0.985 bits per heavy atom. The highest BCUT2D eigenvalue weighted by Crippen LogP contribution is 2.13. The Morgan fingerprint density at radius 1 is 0.323 bits per heavy atom. The number of esters is 3. The molecule has 0 aromatic rings. The number of hydrogen-bond acceptors (Lipinski definition) is 6. The van der Waals surface area contributed by atoms with Crippen LogP contribution in [-0.4, -0.2) is 37.2 Å². The Balaban J connectivity index is 4.54. The van der Waals surface area contributed by atoms with Crippen molar-refractivity contribution >= 4 is 17.9 Å². The maximum Gasteiger partial charge on any atom is 0.306 e. The van der Waals surface area contributed by atoms with Gasteiger partial charge in [-0.25, -0.2) is 0 Å². The molecule has 65 heavy (non-hydrogen) atoms. The zero-order valence-electron chi connectivity index (χ0n) is 41.7. The molecule has 0 aromatic heterocycles. The molecule has 0 aliphatic carbocycles. The van der Waals surface area contributed by atoms with Gasteiger partial charge in [-0.2, -0.15) is 0 Å². The molecule has 0 aliphatic rings. The Bertz CT molecular complexity index is 1400. The second-order valence-electron chi connectivity index (χ2n) is 16.7. The van der Waals surface area contributed by atoms with Crippen molar-refractivity contribution in [3.63, 3.8) is 0 Å². The van der Waals surface area contributed by atoms with Gasteiger partial charge in [-0.1, -0.05) is 213 Å². The third-order valence-electron chi connectivity index (χ3n) is 10.5. The zero-order chi connectivity index (χ0) is 47.2. The van der Waals surface area contributed by atoms with Crippen LogP contribution < -0.4 is 0 Å². The second-order valence-corrected chi connectivity index (χ2v) is 16.7. The molecule has 0 aliphatic heterocycles. The van der Waals surface area contributed by atoms with E-state index in [-0.39, 0.29) is 37.5 Å². The zero-order valence-corrected chi connectivity index (χ0v) is 41.7. The number of allylic oxidation sites excluding steroid dienone is 20. The number of carbonyl (C=O) groups is 3. The van der Waals surface area contributed by atoms with Gasteiger partial charge in [0.2, 0.25) is 0 Å². The average Bonchev–Trinajstić information content (AvgIpc) is 3.30. The highest BCUT2D eigenvalue weighted by molar-refractivity contribution is 5.71. The third-order valence-corrected chi connectivity index (χ3v) is 10.5. The number of ether oxygens (including phenoxy) is 3. The molecule has 0 saturated carbocycles. The summed E-state index contributed by atoms with van der Waals surface area (Å²) in [5.74, 6) is -1.01. The van der Waals surface area contributed by atoms with Gasteiger partial charge in [0.05, 0.1) is 0 Å². The molecule has 0 amide bonds. The first-order chi connectivity index (χ1) is 32.0. The van der Waals surface area contributed by atoms with Crippen molar-refractivity contribution in [1.82, 2.24) is 0 Å². The first-order valence-electron chi connectivity index (χ1n) is 26.0. The summed E-state index contributed by atoms with van der Waals surface area (Å²) in [5.41, 5.74) is 0. The summed E-state index contributed by atoms with van der Waals surface area (Å²) in [6.07, 6.45) is 71.9. The van der Waals surface area contributed by atoms with Crippen LogP contribution in [0.25, 0.3) is 0 Å². The summed E-state index contributed by atoms with van der Waals surface area (Å²) in [6, 6.07) is 0. The van der Waals surface area contributed by atoms with E-state index < -0.39 is 6.10 Å². The molecule has 0 aromatic carbocycles. The summed E-state index contributed by atoms with van der Waals surface area (Å²) in [6.45, 7) is 6.31. The monoisotopic (exact) mass is 899 g/mol. The van der Waals surface area contributed by atoms with E-state index in [4.69, 9.17) is 14.2 Å². The van der Waals surface area contributed by atoms with Crippen LogP contribution in [0.5, 0.6) is 0 Å². The molecule has 366 valence electrons. The van der Waals surface area contributed by atoms with Crippen LogP contribution in [0.1, 0.15) is 213 Å². The number of carbonyl (C=O) groups excluding carboxylic acids is 3. The molecule has 0 radical (unpaired) electrons. The van der Waals surface area contributed by atoms with Crippen molar-refractivity contribution in [2.75, 3.05) is 13.2 Å². The maximum atomic E-state index is 12.8. The maximum absolute atomic E-state index is 12.8. The number of unbranched alkanes of at least 4 members (excludes halogenated alkanes) is 14. The number of rotatable bonds is 45. The Labute approximate surface area is 399 Å². The van der Waals surface area contributed by atoms with Crippen molar-refractivity contribution < 1.29 is 28.6 Å². The van der Waals surface area contributed by atoms with Gasteiger partial charge in [0.25, 0.3) is 0 Å². The van der Waals surface area contributed by atoms with E-state index in [0.29, 0.717) is 19.3 Å². The lowest BCUT2D eigenvalue weighted by Crippen LogP contribution is -2.30. The first-order valence-corrected chi connectivity index (χ1v) is 26.0. The quantitative estimate of drug-likeness (QED) is 0.0262. The topological polar surface area (TPSA) is 78.9 Å². The molecule has 6 heteroatoms. The second kappa shape index (κ2) is 52.4. The van der Waals surface area contributed by atoms with Gasteiger partial charge in [-0.05, 0) is 103 Å². The summed E-state index contributed by atoms with van der Waals surface area (Å²) >= 11 is 0. The SMILES string of the molecule is CC/C=C\C/C=C\C/C=C\C/C=C\C/C=C\CCCCCC(=O)OC[C@@H](COC(=O)CCCCCCCCCCCCC)OC(=O)CCC/C=C\C/C=C\C/C=C\C/C=C\C/C=C\CC. The molecule has 0 heterocycles. The summed E-state index contributed by atoms with van der Waals surface area (Å²) in [7, 11) is 0. The van der Waals surface area contributed by atoms with E-state index in [2.05, 4.69) is 142 Å². The molecule has 0 unspecified atom stereocenters. The largest absolute Gasteiger partial charge is 0.462 e. The van der Waals surface area contributed by atoms with Crippen molar-refractivity contribution in [3.05, 3.63) is 122 Å². The van der Waals surface area contributed by atoms with Gasteiger partial charge in [0, 0.05) is 19.3 Å². The van der Waals surface area contributed by atoms with Crippen molar-refractivity contribution in [2.45, 2.75) is 219 Å². The molecule has 1 atom stereocenters. The lowest BCUT2D eigenvalue weighted by molar-refractivity contribution is -0.167. The van der Waals surface area contributed by atoms with Crippen LogP contribution in [-0.2, 0) is 28.6 Å². The van der Waals surface area contributed by atoms with E-state index >= 15 is 0 Å². The molecule has 0 saturated heterocycles. The van der Waals surface area contributed by atoms with Crippen LogP contribution in [0.2, 0.25) is 0 Å². The summed E-state index contributed by atoms with van der Waals surface area (Å²) in [4.78, 5) is 38.0. The predicted molar refractivity (Wildman–Crippen MR) is 279 cm³/mol. The molecule has 0 bridgehead atoms. The minimum atomic E-state index is -0.822. The van der Waals surface area contributed by atoms with Crippen LogP contribution in [0.4, 0.5) is 0 Å². The van der Waals surface area contributed by atoms with Crippen molar-refractivity contribution in [2.24, 2.45) is 0 Å². The van der Waals surface area contributed by atoms with Crippen LogP contribution in [0.3, 0.4) is 0 Å². The summed E-state index contributed by atoms with van der Waals surface area (Å²) < 4.78 is 16.7. The smallest absolute Gasteiger partial charge is 0.306 e. The molecular weight excluding hydrogens is 805 g/mol. The third kappa shape index (κ3) is 50.7. The fourth-order valence-electron chi connectivity index (χ4n) is 6.62. The molecule has 0 fully saturated rings. The van der Waals surface area contributed by atoms with Gasteiger partial charge < -0.3 is 14.2 Å². The minimum Gasteiger partial charge on any atom is -0.462 e. The van der Waals surface area contributed by atoms with Gasteiger partial charge in [0.15, 0.2) is 6.10 Å². The number of hydrogen-bond donors (Lipinski definition) is 0. The molecule has 0 spiro atoms. The molecule has 0 rings (SSSR count). The van der Waals surface area contributed by atoms with E-state index in [1.807, 2.05) is 0 Å². The van der Waals surface area contributed by atoms with Crippen molar-refractivity contribution in [1.29, 1.82) is 0 Å². The standard InChI is InChI=1S/C59H94O6/c1-4-7-10-13-16-19-22-24-26-28-29-31-32-34-37-40-43-46-49-52-58(61)64-55-56(54-63-57(60)51-48-45-42-39-36-21-18-15-12-9-6-3)65-59(62)53-50-47-44-41-38-35-33-30-27-25-23-20-17-14-11-8-5-2/h7-8,10-11,16-17,19-20,24-27,29,31,33-35,37,41,44,56H,4-6,9,12-15,18,21-23,28,30,32,36,38-40,42-43,45-55H2,1-3H3/b10-7-,11-8-,19-16-,20-17-,26-24-,27-25-,31-29-,35-33-,37-34-,44-41-/t56-/m1/s1. The van der Waals surface area contributed by atoms with E-state index in [9.17, 15) is 14.4 Å². The lowest BCUT2D eigenvalue weighted by Gasteiger charge is -2.18. The van der Waals surface area contributed by atoms with Gasteiger partial charge in [-0.15, -0.1) is 0 Å². The Hall–Kier alpha value is -4.19. The van der Waals surface area contributed by atoms with Crippen LogP contribution in [0, 0.1) is 0 Å². The van der Waals surface area contributed by atoms with Gasteiger partial charge >= 0.3 is 17.9 Å². The van der Waals surface area contributed by atoms with E-state index in [0.717, 1.165) is 116 Å². The van der Waals surface area contributed by atoms with Gasteiger partial charge in [-0.3, -0.25) is 14.4 Å². The highest BCUT2D eigenvalue weighted by atomic mass is 16.6. The molecular formula is C59H94O6. The van der Waals surface area contributed by atoms with Crippen LogP contribution in [0.15, 0.2) is 122 Å². The average molecular weight is 899 g/mol. The predicted octanol–water partition coefficient (Wildman–Crippen LogP) is 17.3. The fourth-order valence-corrected chi connectivity index (χ4v) is 6.62. The van der Waals surface area contributed by atoms with E-state index in [1.165, 1.54) is 51.4 Å². The van der Waals surface area contributed by atoms with Crippen LogP contribution >= 0.6 is 0 Å². The normalized spacial score (nSPS) is 13.1. The molecule has 0 N–H and O–H groups in total. The fraction of sp³-hybridized carbons (Fsp3) is 0.610. The Kier molecular flexibility index (Phi) is 49.1. The first kappa shape index (κ1) is 60.8. The highest BCUT2D eigenvalue weighted by Gasteiger charge is 2.19. The minimum absolute atomic E-state index is 0.113.